The van der Waals surface area contributed by atoms with Crippen LogP contribution in [0.15, 0.2) is 47.6 Å². The summed E-state index contributed by atoms with van der Waals surface area (Å²) in [7, 11) is 2.74. The maximum Gasteiger partial charge on any atom is 0.305 e. The first kappa shape index (κ1) is 16.7. The first-order chi connectivity index (χ1) is 11.2. The first-order valence-electron chi connectivity index (χ1n) is 7.36. The zero-order chi connectivity index (χ0) is 16.7. The highest BCUT2D eigenvalue weighted by atomic mass is 16.6. The predicted molar refractivity (Wildman–Crippen MR) is 88.6 cm³/mol. The molecule has 120 valence electrons. The van der Waals surface area contributed by atoms with Crippen molar-refractivity contribution < 1.29 is 19.2 Å². The SMILES string of the molecule is CO/N=C(/CCCC(=O)OC)C(=O)c1ccc2ccccc2c1. The van der Waals surface area contributed by atoms with Gasteiger partial charge in [-0.05, 0) is 29.7 Å². The number of benzene rings is 2. The van der Waals surface area contributed by atoms with E-state index in [1.807, 2.05) is 36.4 Å². The molecule has 0 spiro atoms. The average Bonchev–Trinajstić information content (AvgIpc) is 2.59. The number of ether oxygens (including phenoxy) is 1. The van der Waals surface area contributed by atoms with Gasteiger partial charge in [-0.2, -0.15) is 0 Å². The van der Waals surface area contributed by atoms with Crippen molar-refractivity contribution in [2.75, 3.05) is 14.2 Å². The van der Waals surface area contributed by atoms with Gasteiger partial charge in [0.05, 0.1) is 7.11 Å². The molecule has 0 aromatic heterocycles. The minimum atomic E-state index is -0.306. The molecule has 0 atom stereocenters. The minimum Gasteiger partial charge on any atom is -0.469 e. The summed E-state index contributed by atoms with van der Waals surface area (Å²) in [5, 5.41) is 5.88. The van der Waals surface area contributed by atoms with Gasteiger partial charge in [-0.15, -0.1) is 0 Å². The van der Waals surface area contributed by atoms with Crippen molar-refractivity contribution in [1.29, 1.82) is 0 Å². The molecule has 0 heterocycles. The zero-order valence-corrected chi connectivity index (χ0v) is 13.2. The maximum absolute atomic E-state index is 12.6. The lowest BCUT2D eigenvalue weighted by Crippen LogP contribution is -2.15. The second-order valence-corrected chi connectivity index (χ2v) is 5.04. The number of Topliss-reactive ketones (excluding diaryl/α,β-unsaturated/α-hetero) is 1. The molecular formula is C18H19NO4. The van der Waals surface area contributed by atoms with Crippen LogP contribution >= 0.6 is 0 Å². The fourth-order valence-corrected chi connectivity index (χ4v) is 2.31. The van der Waals surface area contributed by atoms with Gasteiger partial charge in [-0.1, -0.05) is 41.6 Å². The number of oxime groups is 1. The van der Waals surface area contributed by atoms with Crippen LogP contribution < -0.4 is 0 Å². The second kappa shape index (κ2) is 8.08. The Hall–Kier alpha value is -2.69. The number of esters is 1. The monoisotopic (exact) mass is 313 g/mol. The number of hydrogen-bond acceptors (Lipinski definition) is 5. The smallest absolute Gasteiger partial charge is 0.305 e. The fraction of sp³-hybridized carbons (Fsp3) is 0.278. The number of ketones is 1. The lowest BCUT2D eigenvalue weighted by Gasteiger charge is -2.06. The predicted octanol–water partition coefficient (Wildman–Crippen LogP) is 3.37. The molecule has 2 aromatic rings. The van der Waals surface area contributed by atoms with E-state index < -0.39 is 0 Å². The molecule has 2 rings (SSSR count). The van der Waals surface area contributed by atoms with Gasteiger partial charge in [-0.25, -0.2) is 0 Å². The summed E-state index contributed by atoms with van der Waals surface area (Å²) in [5.41, 5.74) is 0.851. The van der Waals surface area contributed by atoms with Crippen LogP contribution in [0, 0.1) is 0 Å². The van der Waals surface area contributed by atoms with E-state index in [4.69, 9.17) is 4.84 Å². The Morgan fingerprint density at radius 3 is 2.43 bits per heavy atom. The van der Waals surface area contributed by atoms with E-state index in [0.29, 0.717) is 24.1 Å². The molecule has 0 saturated heterocycles. The molecule has 5 heteroatoms. The van der Waals surface area contributed by atoms with Gasteiger partial charge in [0.2, 0.25) is 5.78 Å². The third-order valence-electron chi connectivity index (χ3n) is 3.50. The third-order valence-corrected chi connectivity index (χ3v) is 3.50. The van der Waals surface area contributed by atoms with Gasteiger partial charge < -0.3 is 9.57 Å². The Morgan fingerprint density at radius 1 is 1.00 bits per heavy atom. The Bertz CT molecular complexity index is 737. The summed E-state index contributed by atoms with van der Waals surface area (Å²) in [6.07, 6.45) is 1.08. The number of rotatable bonds is 7. The summed E-state index contributed by atoms with van der Waals surface area (Å²) < 4.78 is 4.59. The quantitative estimate of drug-likeness (QED) is 0.340. The van der Waals surface area contributed by atoms with E-state index in [1.54, 1.807) is 6.07 Å². The van der Waals surface area contributed by atoms with E-state index in [2.05, 4.69) is 9.89 Å². The third kappa shape index (κ3) is 4.39. The number of methoxy groups -OCH3 is 1. The van der Waals surface area contributed by atoms with E-state index >= 15 is 0 Å². The fourth-order valence-electron chi connectivity index (χ4n) is 2.31. The molecule has 0 N–H and O–H groups in total. The van der Waals surface area contributed by atoms with Gasteiger partial charge in [0.15, 0.2) is 0 Å². The van der Waals surface area contributed by atoms with E-state index in [-0.39, 0.29) is 18.2 Å². The summed E-state index contributed by atoms with van der Waals surface area (Å²) >= 11 is 0. The second-order valence-electron chi connectivity index (χ2n) is 5.04. The molecule has 5 nitrogen and oxygen atoms in total. The lowest BCUT2D eigenvalue weighted by atomic mass is 9.99. The molecule has 2 aromatic carbocycles. The van der Waals surface area contributed by atoms with Crippen LogP contribution in [0.2, 0.25) is 0 Å². The van der Waals surface area contributed by atoms with E-state index in [1.165, 1.54) is 14.2 Å². The Kier molecular flexibility index (Phi) is 5.86. The highest BCUT2D eigenvalue weighted by molar-refractivity contribution is 6.46. The Balaban J connectivity index is 2.15. The van der Waals surface area contributed by atoms with Crippen LogP contribution in [0.3, 0.4) is 0 Å². The van der Waals surface area contributed by atoms with Crippen LogP contribution in [0.4, 0.5) is 0 Å². The van der Waals surface area contributed by atoms with Gasteiger partial charge in [0.1, 0.15) is 12.8 Å². The molecule has 0 amide bonds. The van der Waals surface area contributed by atoms with Gasteiger partial charge in [0, 0.05) is 12.0 Å². The summed E-state index contributed by atoms with van der Waals surface area (Å²) in [6, 6.07) is 13.3. The number of nitrogens with zero attached hydrogens (tertiary/aromatic N) is 1. The molecule has 0 fully saturated rings. The van der Waals surface area contributed by atoms with Crippen molar-refractivity contribution in [1.82, 2.24) is 0 Å². The molecular weight excluding hydrogens is 294 g/mol. The van der Waals surface area contributed by atoms with Crippen LogP contribution in [0.1, 0.15) is 29.6 Å². The molecule has 0 bridgehead atoms. The summed E-state index contributed by atoms with van der Waals surface area (Å²) in [4.78, 5) is 28.5. The number of carbonyl (C=O) groups is 2. The molecule has 0 aliphatic heterocycles. The number of fused-ring (bicyclic) bond motifs is 1. The average molecular weight is 313 g/mol. The van der Waals surface area contributed by atoms with Crippen molar-refractivity contribution >= 4 is 28.2 Å². The van der Waals surface area contributed by atoms with Crippen LogP contribution in [0.25, 0.3) is 10.8 Å². The van der Waals surface area contributed by atoms with Crippen molar-refractivity contribution in [3.8, 4) is 0 Å². The van der Waals surface area contributed by atoms with Gasteiger partial charge in [0.25, 0.3) is 0 Å². The van der Waals surface area contributed by atoms with Gasteiger partial charge >= 0.3 is 5.97 Å². The minimum absolute atomic E-state index is 0.192. The topological polar surface area (TPSA) is 65.0 Å². The lowest BCUT2D eigenvalue weighted by molar-refractivity contribution is -0.140. The summed E-state index contributed by atoms with van der Waals surface area (Å²) in [5.74, 6) is -0.498. The molecule has 0 unspecified atom stereocenters. The molecule has 0 radical (unpaired) electrons. The molecule has 23 heavy (non-hydrogen) atoms. The van der Waals surface area contributed by atoms with Crippen molar-refractivity contribution in [2.24, 2.45) is 5.16 Å². The van der Waals surface area contributed by atoms with Crippen LogP contribution in [0.5, 0.6) is 0 Å². The number of hydrogen-bond donors (Lipinski definition) is 0. The molecule has 0 aliphatic carbocycles. The number of carbonyl (C=O) groups excluding carboxylic acids is 2. The van der Waals surface area contributed by atoms with Crippen molar-refractivity contribution in [3.63, 3.8) is 0 Å². The standard InChI is InChI=1S/C18H19NO4/c1-22-17(20)9-5-8-16(19-23-2)18(21)15-11-10-13-6-3-4-7-14(13)12-15/h3-4,6-7,10-12H,5,8-9H2,1-2H3/b19-16-. The van der Waals surface area contributed by atoms with Crippen molar-refractivity contribution in [3.05, 3.63) is 48.0 Å². The van der Waals surface area contributed by atoms with Crippen molar-refractivity contribution in [2.45, 2.75) is 19.3 Å². The van der Waals surface area contributed by atoms with Crippen LogP contribution in [-0.4, -0.2) is 31.7 Å². The van der Waals surface area contributed by atoms with Gasteiger partial charge in [-0.3, -0.25) is 9.59 Å². The Morgan fingerprint density at radius 2 is 1.74 bits per heavy atom. The maximum atomic E-state index is 12.6. The Labute approximate surface area is 134 Å². The van der Waals surface area contributed by atoms with E-state index in [0.717, 1.165) is 10.8 Å². The van der Waals surface area contributed by atoms with Crippen LogP contribution in [-0.2, 0) is 14.4 Å². The first-order valence-corrected chi connectivity index (χ1v) is 7.36. The summed E-state index contributed by atoms with van der Waals surface area (Å²) in [6.45, 7) is 0. The highest BCUT2D eigenvalue weighted by Gasteiger charge is 2.16. The molecule has 0 saturated carbocycles. The largest absolute Gasteiger partial charge is 0.469 e. The molecule has 0 aliphatic rings. The van der Waals surface area contributed by atoms with E-state index in [9.17, 15) is 9.59 Å². The zero-order valence-electron chi connectivity index (χ0n) is 13.2. The highest BCUT2D eigenvalue weighted by Crippen LogP contribution is 2.17. The normalized spacial score (nSPS) is 11.3.